The lowest BCUT2D eigenvalue weighted by Crippen LogP contribution is -1.74. The van der Waals surface area contributed by atoms with Gasteiger partial charge in [0.15, 0.2) is 0 Å². The molecular weight excluding hydrogens is 184 g/mol. The lowest BCUT2D eigenvalue weighted by Gasteiger charge is -1.87. The molecule has 2 nitrogen and oxygen atoms in total. The van der Waals surface area contributed by atoms with Gasteiger partial charge in [-0.1, -0.05) is 31.5 Å². The van der Waals surface area contributed by atoms with Gasteiger partial charge in [-0.2, -0.15) is 0 Å². The number of unbranched alkanes of at least 4 members (excludes halogenated alkanes) is 2. The molecule has 0 amide bonds. The summed E-state index contributed by atoms with van der Waals surface area (Å²) in [6, 6.07) is 10.3. The van der Waals surface area contributed by atoms with Gasteiger partial charge < -0.3 is 4.98 Å². The van der Waals surface area contributed by atoms with Crippen molar-refractivity contribution in [3.63, 3.8) is 0 Å². The van der Waals surface area contributed by atoms with E-state index in [0.717, 1.165) is 17.8 Å². The van der Waals surface area contributed by atoms with Crippen LogP contribution in [0.5, 0.6) is 0 Å². The number of H-pyrrole nitrogens is 1. The molecular formula is C13H16N2. The molecule has 0 fully saturated rings. The molecule has 0 saturated carbocycles. The van der Waals surface area contributed by atoms with Crippen LogP contribution >= 0.6 is 0 Å². The van der Waals surface area contributed by atoms with Crippen LogP contribution < -0.4 is 0 Å². The van der Waals surface area contributed by atoms with Gasteiger partial charge in [0.2, 0.25) is 0 Å². The highest BCUT2D eigenvalue weighted by Gasteiger charge is 1.96. The van der Waals surface area contributed by atoms with E-state index in [4.69, 9.17) is 0 Å². The molecule has 2 aromatic rings. The van der Waals surface area contributed by atoms with Crippen LogP contribution in [0, 0.1) is 0 Å². The molecule has 2 heteroatoms. The molecule has 0 aliphatic carbocycles. The molecule has 0 spiro atoms. The molecule has 1 heterocycles. The van der Waals surface area contributed by atoms with Gasteiger partial charge in [0.25, 0.3) is 0 Å². The molecule has 0 bridgehead atoms. The van der Waals surface area contributed by atoms with Gasteiger partial charge in [-0.05, 0) is 25.0 Å². The van der Waals surface area contributed by atoms with Gasteiger partial charge >= 0.3 is 0 Å². The maximum absolute atomic E-state index is 4.40. The molecule has 1 aromatic carbocycles. The fourth-order valence-electron chi connectivity index (χ4n) is 1.59. The number of fused-ring (bicyclic) bond motifs is 1. The number of aromatic nitrogens is 1. The monoisotopic (exact) mass is 200 g/mol. The fourth-order valence-corrected chi connectivity index (χ4v) is 1.59. The molecule has 1 aromatic heterocycles. The van der Waals surface area contributed by atoms with Gasteiger partial charge in [0.05, 0.1) is 0 Å². The van der Waals surface area contributed by atoms with Crippen LogP contribution in [-0.2, 0) is 0 Å². The van der Waals surface area contributed by atoms with E-state index < -0.39 is 0 Å². The van der Waals surface area contributed by atoms with Crippen molar-refractivity contribution in [2.24, 2.45) is 4.99 Å². The first-order valence-corrected chi connectivity index (χ1v) is 5.50. The van der Waals surface area contributed by atoms with E-state index in [0.29, 0.717) is 0 Å². The molecule has 78 valence electrons. The highest BCUT2D eigenvalue weighted by atomic mass is 14.9. The minimum atomic E-state index is 0.951. The topological polar surface area (TPSA) is 28.1 Å². The van der Waals surface area contributed by atoms with E-state index in [1.165, 1.54) is 18.2 Å². The van der Waals surface area contributed by atoms with Crippen LogP contribution in [0.25, 0.3) is 10.9 Å². The highest BCUT2D eigenvalue weighted by molar-refractivity contribution is 5.83. The second-order valence-corrected chi connectivity index (χ2v) is 3.70. The summed E-state index contributed by atoms with van der Waals surface area (Å²) in [4.78, 5) is 7.67. The van der Waals surface area contributed by atoms with E-state index in [-0.39, 0.29) is 0 Å². The first-order chi connectivity index (χ1) is 7.40. The second-order valence-electron chi connectivity index (χ2n) is 3.70. The SMILES string of the molecule is CCCCC=Nc1cc2ccccc2[nH]1. The Hall–Kier alpha value is -1.57. The van der Waals surface area contributed by atoms with Crippen molar-refractivity contribution < 1.29 is 0 Å². The number of rotatable bonds is 4. The van der Waals surface area contributed by atoms with Gasteiger partial charge in [0, 0.05) is 17.1 Å². The first kappa shape index (κ1) is 9.97. The van der Waals surface area contributed by atoms with E-state index in [2.05, 4.69) is 35.1 Å². The normalized spacial score (nSPS) is 11.5. The highest BCUT2D eigenvalue weighted by Crippen LogP contribution is 2.19. The molecule has 0 saturated heterocycles. The maximum Gasteiger partial charge on any atom is 0.130 e. The van der Waals surface area contributed by atoms with Crippen molar-refractivity contribution in [3.8, 4) is 0 Å². The van der Waals surface area contributed by atoms with Crippen LogP contribution in [0.1, 0.15) is 26.2 Å². The minimum Gasteiger partial charge on any atom is -0.340 e. The number of benzene rings is 1. The third kappa shape index (κ3) is 2.46. The van der Waals surface area contributed by atoms with Crippen molar-refractivity contribution in [3.05, 3.63) is 30.3 Å². The number of nitrogens with zero attached hydrogens (tertiary/aromatic N) is 1. The average Bonchev–Trinajstić information content (AvgIpc) is 2.67. The van der Waals surface area contributed by atoms with Crippen LogP contribution in [0.15, 0.2) is 35.3 Å². The second kappa shape index (κ2) is 4.78. The maximum atomic E-state index is 4.40. The van der Waals surface area contributed by atoms with Crippen molar-refractivity contribution in [1.82, 2.24) is 4.98 Å². The van der Waals surface area contributed by atoms with E-state index in [1.54, 1.807) is 0 Å². The Kier molecular flexibility index (Phi) is 3.18. The third-order valence-corrected chi connectivity index (χ3v) is 2.43. The summed E-state index contributed by atoms with van der Waals surface area (Å²) in [6.45, 7) is 2.19. The lowest BCUT2D eigenvalue weighted by molar-refractivity contribution is 0.842. The Balaban J connectivity index is 2.12. The van der Waals surface area contributed by atoms with E-state index in [1.807, 2.05) is 18.3 Å². The number of hydrogen-bond donors (Lipinski definition) is 1. The molecule has 0 radical (unpaired) electrons. The van der Waals surface area contributed by atoms with Crippen LogP contribution in [0.4, 0.5) is 5.82 Å². The summed E-state index contributed by atoms with van der Waals surface area (Å²) in [7, 11) is 0. The number of aliphatic imine (C=N–C) groups is 1. The molecule has 0 atom stereocenters. The lowest BCUT2D eigenvalue weighted by atomic mass is 10.2. The largest absolute Gasteiger partial charge is 0.340 e. The average molecular weight is 200 g/mol. The minimum absolute atomic E-state index is 0.951. The molecule has 0 unspecified atom stereocenters. The fraction of sp³-hybridized carbons (Fsp3) is 0.308. The molecule has 0 aliphatic rings. The zero-order chi connectivity index (χ0) is 10.5. The Labute approximate surface area is 90.0 Å². The smallest absolute Gasteiger partial charge is 0.130 e. The predicted octanol–water partition coefficient (Wildman–Crippen LogP) is 4.06. The Morgan fingerprint density at radius 3 is 3.00 bits per heavy atom. The Morgan fingerprint density at radius 2 is 2.20 bits per heavy atom. The van der Waals surface area contributed by atoms with Crippen molar-refractivity contribution >= 4 is 22.9 Å². The number of hydrogen-bond acceptors (Lipinski definition) is 1. The van der Waals surface area contributed by atoms with Crippen LogP contribution in [0.2, 0.25) is 0 Å². The van der Waals surface area contributed by atoms with Crippen molar-refractivity contribution in [2.75, 3.05) is 0 Å². The van der Waals surface area contributed by atoms with Gasteiger partial charge in [-0.15, -0.1) is 0 Å². The van der Waals surface area contributed by atoms with E-state index >= 15 is 0 Å². The third-order valence-electron chi connectivity index (χ3n) is 2.43. The van der Waals surface area contributed by atoms with Gasteiger partial charge in [-0.3, -0.25) is 0 Å². The summed E-state index contributed by atoms with van der Waals surface area (Å²) < 4.78 is 0. The zero-order valence-corrected chi connectivity index (χ0v) is 9.03. The summed E-state index contributed by atoms with van der Waals surface area (Å²) in [6.07, 6.45) is 5.49. The van der Waals surface area contributed by atoms with Crippen LogP contribution in [0.3, 0.4) is 0 Å². The molecule has 0 aliphatic heterocycles. The number of para-hydroxylation sites is 1. The molecule has 1 N–H and O–H groups in total. The number of aromatic amines is 1. The standard InChI is InChI=1S/C13H16N2/c1-2-3-6-9-14-13-10-11-7-4-5-8-12(11)15-13/h4-5,7-10,15H,2-3,6H2,1H3. The zero-order valence-electron chi connectivity index (χ0n) is 9.03. The quantitative estimate of drug-likeness (QED) is 0.569. The molecule has 2 rings (SSSR count). The molecule has 15 heavy (non-hydrogen) atoms. The predicted molar refractivity (Wildman–Crippen MR) is 66.0 cm³/mol. The number of nitrogens with one attached hydrogen (secondary N) is 1. The van der Waals surface area contributed by atoms with Crippen LogP contribution in [-0.4, -0.2) is 11.2 Å². The summed E-state index contributed by atoms with van der Waals surface area (Å²) in [5.41, 5.74) is 1.15. The first-order valence-electron chi connectivity index (χ1n) is 5.50. The van der Waals surface area contributed by atoms with Crippen molar-refractivity contribution in [1.29, 1.82) is 0 Å². The summed E-state index contributed by atoms with van der Waals surface area (Å²) in [5.74, 6) is 0.951. The Morgan fingerprint density at radius 1 is 1.33 bits per heavy atom. The van der Waals surface area contributed by atoms with E-state index in [9.17, 15) is 0 Å². The van der Waals surface area contributed by atoms with Crippen molar-refractivity contribution in [2.45, 2.75) is 26.2 Å². The summed E-state index contributed by atoms with van der Waals surface area (Å²) >= 11 is 0. The Bertz CT molecular complexity index is 421. The summed E-state index contributed by atoms with van der Waals surface area (Å²) in [5, 5.41) is 1.22. The van der Waals surface area contributed by atoms with Gasteiger partial charge in [0.1, 0.15) is 5.82 Å². The van der Waals surface area contributed by atoms with Gasteiger partial charge in [-0.25, -0.2) is 4.99 Å².